The molecule has 2 aromatic carbocycles. The summed E-state index contributed by atoms with van der Waals surface area (Å²) in [5.41, 5.74) is 9.85. The molecule has 0 unspecified atom stereocenters. The number of rotatable bonds is 6. The topological polar surface area (TPSA) is 86.4 Å². The molecule has 3 aliphatic heterocycles. The smallest absolute Gasteiger partial charge is 0.184 e. The van der Waals surface area contributed by atoms with Crippen LogP contribution in [0.5, 0.6) is 0 Å². The maximum Gasteiger partial charge on any atom is 0.184 e. The Morgan fingerprint density at radius 2 is 1.52 bits per heavy atom. The van der Waals surface area contributed by atoms with Gasteiger partial charge in [-0.1, -0.05) is 48.5 Å². The molecule has 1 spiro atoms. The van der Waals surface area contributed by atoms with Crippen molar-refractivity contribution in [2.45, 2.75) is 56.7 Å². The van der Waals surface area contributed by atoms with Gasteiger partial charge in [0.25, 0.3) is 0 Å². The highest BCUT2D eigenvalue weighted by Crippen LogP contribution is 2.39. The molecule has 3 heterocycles. The number of piperidine rings is 1. The Labute approximate surface area is 195 Å². The zero-order chi connectivity index (χ0) is 22.7. The second-order valence-electron chi connectivity index (χ2n) is 9.20. The van der Waals surface area contributed by atoms with Gasteiger partial charge in [0.05, 0.1) is 32.0 Å². The Morgan fingerprint density at radius 1 is 0.879 bits per heavy atom. The number of hydrogen-bond donors (Lipinski definition) is 2. The molecule has 7 heteroatoms. The van der Waals surface area contributed by atoms with Crippen molar-refractivity contribution < 1.29 is 24.1 Å². The minimum atomic E-state index is -0.435. The van der Waals surface area contributed by atoms with E-state index in [4.69, 9.17) is 24.7 Å². The second-order valence-corrected chi connectivity index (χ2v) is 9.20. The maximum absolute atomic E-state index is 9.39. The first-order valence-electron chi connectivity index (χ1n) is 12.0. The van der Waals surface area contributed by atoms with Crippen LogP contribution in [0.25, 0.3) is 0 Å². The molecule has 3 fully saturated rings. The Bertz CT molecular complexity index is 832. The summed E-state index contributed by atoms with van der Waals surface area (Å²) < 4.78 is 24.7. The van der Waals surface area contributed by atoms with Gasteiger partial charge in [-0.05, 0) is 16.7 Å². The zero-order valence-corrected chi connectivity index (χ0v) is 19.0. The SMILES string of the molecule is NCc1ccc([C@@H]2O[C@H](CN3CCC4(CC3)OCCO4)C[C@H](c3ccc(CO)cc3)O2)cc1. The van der Waals surface area contributed by atoms with E-state index in [9.17, 15) is 5.11 Å². The molecule has 7 nitrogen and oxygen atoms in total. The van der Waals surface area contributed by atoms with E-state index in [1.165, 1.54) is 0 Å². The molecule has 0 aliphatic carbocycles. The van der Waals surface area contributed by atoms with Gasteiger partial charge in [0.1, 0.15) is 0 Å². The molecule has 3 aliphatic rings. The van der Waals surface area contributed by atoms with Gasteiger partial charge >= 0.3 is 0 Å². The van der Waals surface area contributed by atoms with Crippen molar-refractivity contribution >= 4 is 0 Å². The minimum absolute atomic E-state index is 0.0392. The molecule has 0 radical (unpaired) electrons. The third-order valence-electron chi connectivity index (χ3n) is 7.00. The number of benzene rings is 2. The summed E-state index contributed by atoms with van der Waals surface area (Å²) in [6.07, 6.45) is 2.10. The van der Waals surface area contributed by atoms with Gasteiger partial charge in [0.2, 0.25) is 0 Å². The highest BCUT2D eigenvalue weighted by Gasteiger charge is 2.41. The lowest BCUT2D eigenvalue weighted by Crippen LogP contribution is -2.48. The predicted octanol–water partition coefficient (Wildman–Crippen LogP) is 3.02. The normalized spacial score (nSPS) is 27.8. The summed E-state index contributed by atoms with van der Waals surface area (Å²) in [4.78, 5) is 2.45. The van der Waals surface area contributed by atoms with E-state index in [0.29, 0.717) is 19.8 Å². The molecule has 3 N–H and O–H groups in total. The van der Waals surface area contributed by atoms with E-state index in [1.807, 2.05) is 48.5 Å². The Kier molecular flexibility index (Phi) is 7.08. The molecular formula is C26H34N2O5. The molecule has 0 amide bonds. The lowest BCUT2D eigenvalue weighted by molar-refractivity contribution is -0.255. The largest absolute Gasteiger partial charge is 0.392 e. The molecule has 3 atom stereocenters. The van der Waals surface area contributed by atoms with Gasteiger partial charge < -0.3 is 34.7 Å². The average Bonchev–Trinajstić information content (AvgIpc) is 3.33. The minimum Gasteiger partial charge on any atom is -0.392 e. The summed E-state index contributed by atoms with van der Waals surface area (Å²) in [6, 6.07) is 16.2. The fourth-order valence-corrected chi connectivity index (χ4v) is 4.99. The number of nitrogens with zero attached hydrogens (tertiary/aromatic N) is 1. The first kappa shape index (κ1) is 22.9. The standard InChI is InChI=1S/C26H34N2O5/c27-16-19-1-7-22(8-2-19)25-32-23(15-24(33-25)21-5-3-20(18-29)4-6-21)17-28-11-9-26(10-12-28)30-13-14-31-26/h1-8,23-25,29H,9-18,27H2/t23-,24+,25+/m0/s1. The van der Waals surface area contributed by atoms with Gasteiger partial charge in [-0.15, -0.1) is 0 Å². The third-order valence-corrected chi connectivity index (χ3v) is 7.00. The van der Waals surface area contributed by atoms with E-state index >= 15 is 0 Å². The third kappa shape index (κ3) is 5.30. The van der Waals surface area contributed by atoms with Crippen molar-refractivity contribution in [2.24, 2.45) is 5.73 Å². The molecule has 5 rings (SSSR count). The van der Waals surface area contributed by atoms with Crippen LogP contribution in [0.1, 0.15) is 53.9 Å². The first-order chi connectivity index (χ1) is 16.2. The van der Waals surface area contributed by atoms with Crippen LogP contribution in [0, 0.1) is 0 Å². The Balaban J connectivity index is 1.30. The fraction of sp³-hybridized carbons (Fsp3) is 0.538. The van der Waals surface area contributed by atoms with Crippen LogP contribution in [0.2, 0.25) is 0 Å². The van der Waals surface area contributed by atoms with Crippen LogP contribution in [-0.2, 0) is 32.1 Å². The first-order valence-corrected chi connectivity index (χ1v) is 12.0. The van der Waals surface area contributed by atoms with Gasteiger partial charge in [-0.3, -0.25) is 0 Å². The summed E-state index contributed by atoms with van der Waals surface area (Å²) in [5, 5.41) is 9.39. The summed E-state index contributed by atoms with van der Waals surface area (Å²) >= 11 is 0. The highest BCUT2D eigenvalue weighted by atomic mass is 16.7. The number of aliphatic hydroxyl groups excluding tert-OH is 1. The molecular weight excluding hydrogens is 420 g/mol. The Hall–Kier alpha value is -1.84. The lowest BCUT2D eigenvalue weighted by atomic mass is 9.98. The van der Waals surface area contributed by atoms with Gasteiger partial charge in [-0.2, -0.15) is 0 Å². The van der Waals surface area contributed by atoms with Crippen LogP contribution in [0.3, 0.4) is 0 Å². The van der Waals surface area contributed by atoms with E-state index < -0.39 is 6.29 Å². The van der Waals surface area contributed by atoms with Crippen LogP contribution in [0.4, 0.5) is 0 Å². The lowest BCUT2D eigenvalue weighted by Gasteiger charge is -2.41. The zero-order valence-electron chi connectivity index (χ0n) is 19.0. The average molecular weight is 455 g/mol. The summed E-state index contributed by atoms with van der Waals surface area (Å²) in [6.45, 7) is 4.67. The van der Waals surface area contributed by atoms with Crippen LogP contribution >= 0.6 is 0 Å². The number of hydrogen-bond acceptors (Lipinski definition) is 7. The van der Waals surface area contributed by atoms with Crippen molar-refractivity contribution in [3.63, 3.8) is 0 Å². The number of aliphatic hydroxyl groups is 1. The summed E-state index contributed by atoms with van der Waals surface area (Å²) in [7, 11) is 0. The molecule has 178 valence electrons. The van der Waals surface area contributed by atoms with E-state index in [0.717, 1.165) is 61.2 Å². The number of likely N-dealkylation sites (tertiary alicyclic amines) is 1. The number of nitrogens with two attached hydrogens (primary N) is 1. The van der Waals surface area contributed by atoms with E-state index in [1.54, 1.807) is 0 Å². The van der Waals surface area contributed by atoms with Gasteiger partial charge in [-0.25, -0.2) is 0 Å². The predicted molar refractivity (Wildman–Crippen MR) is 123 cm³/mol. The molecule has 2 aromatic rings. The van der Waals surface area contributed by atoms with Crippen molar-refractivity contribution in [2.75, 3.05) is 32.8 Å². The summed E-state index contributed by atoms with van der Waals surface area (Å²) in [5.74, 6) is -0.364. The Morgan fingerprint density at radius 3 is 2.15 bits per heavy atom. The van der Waals surface area contributed by atoms with Gasteiger partial charge in [0.15, 0.2) is 12.1 Å². The molecule has 0 bridgehead atoms. The van der Waals surface area contributed by atoms with Crippen LogP contribution < -0.4 is 5.73 Å². The maximum atomic E-state index is 9.39. The van der Waals surface area contributed by atoms with Crippen LogP contribution in [-0.4, -0.2) is 54.7 Å². The van der Waals surface area contributed by atoms with Crippen molar-refractivity contribution in [1.29, 1.82) is 0 Å². The molecule has 0 aromatic heterocycles. The van der Waals surface area contributed by atoms with Crippen molar-refractivity contribution in [1.82, 2.24) is 4.90 Å². The molecule has 0 saturated carbocycles. The van der Waals surface area contributed by atoms with Crippen molar-refractivity contribution in [3.8, 4) is 0 Å². The highest BCUT2D eigenvalue weighted by molar-refractivity contribution is 5.26. The fourth-order valence-electron chi connectivity index (χ4n) is 4.99. The number of ether oxygens (including phenoxy) is 4. The van der Waals surface area contributed by atoms with E-state index in [2.05, 4.69) is 4.90 Å². The monoisotopic (exact) mass is 454 g/mol. The van der Waals surface area contributed by atoms with Crippen LogP contribution in [0.15, 0.2) is 48.5 Å². The quantitative estimate of drug-likeness (QED) is 0.694. The van der Waals surface area contributed by atoms with Crippen molar-refractivity contribution in [3.05, 3.63) is 70.8 Å². The molecule has 3 saturated heterocycles. The molecule has 33 heavy (non-hydrogen) atoms. The second kappa shape index (κ2) is 10.2. The van der Waals surface area contributed by atoms with E-state index in [-0.39, 0.29) is 24.6 Å². The van der Waals surface area contributed by atoms with Gasteiger partial charge in [0, 0.05) is 51.0 Å².